The van der Waals surface area contributed by atoms with Crippen LogP contribution in [0.3, 0.4) is 0 Å². The molecule has 0 bridgehead atoms. The SMILES string of the molecule is CC(C)n1nc(C(=O)N2CCN(C)CC2CN)c2ccccc2c1=O. The monoisotopic (exact) mass is 343 g/mol. The Morgan fingerprint density at radius 1 is 1.28 bits per heavy atom. The summed E-state index contributed by atoms with van der Waals surface area (Å²) < 4.78 is 1.39. The van der Waals surface area contributed by atoms with Gasteiger partial charge >= 0.3 is 0 Å². The van der Waals surface area contributed by atoms with E-state index in [2.05, 4.69) is 10.00 Å². The molecule has 0 radical (unpaired) electrons. The largest absolute Gasteiger partial charge is 0.330 e. The maximum absolute atomic E-state index is 13.2. The van der Waals surface area contributed by atoms with Crippen LogP contribution in [0.4, 0.5) is 0 Å². The van der Waals surface area contributed by atoms with Crippen LogP contribution in [-0.2, 0) is 0 Å². The molecule has 1 saturated heterocycles. The van der Waals surface area contributed by atoms with Crippen LogP contribution in [0, 0.1) is 0 Å². The number of hydrogen-bond acceptors (Lipinski definition) is 5. The molecular formula is C18H25N5O2. The van der Waals surface area contributed by atoms with Crippen molar-refractivity contribution in [3.63, 3.8) is 0 Å². The van der Waals surface area contributed by atoms with Gasteiger partial charge in [-0.1, -0.05) is 18.2 Å². The number of carbonyl (C=O) groups is 1. The number of rotatable bonds is 3. The first-order valence-corrected chi connectivity index (χ1v) is 8.65. The van der Waals surface area contributed by atoms with Crippen LogP contribution in [0.15, 0.2) is 29.1 Å². The summed E-state index contributed by atoms with van der Waals surface area (Å²) in [5, 5.41) is 5.54. The summed E-state index contributed by atoms with van der Waals surface area (Å²) in [6, 6.07) is 6.99. The maximum Gasteiger partial charge on any atom is 0.275 e. The van der Waals surface area contributed by atoms with E-state index in [1.54, 1.807) is 23.1 Å². The molecule has 2 aromatic rings. The Morgan fingerprint density at radius 3 is 2.60 bits per heavy atom. The van der Waals surface area contributed by atoms with E-state index in [0.717, 1.165) is 13.1 Å². The molecule has 1 aliphatic heterocycles. The van der Waals surface area contributed by atoms with E-state index >= 15 is 0 Å². The summed E-state index contributed by atoms with van der Waals surface area (Å²) in [7, 11) is 2.02. The summed E-state index contributed by atoms with van der Waals surface area (Å²) in [6.07, 6.45) is 0. The summed E-state index contributed by atoms with van der Waals surface area (Å²) in [6.45, 7) is 6.31. The molecule has 1 unspecified atom stereocenters. The number of benzene rings is 1. The van der Waals surface area contributed by atoms with Crippen molar-refractivity contribution in [3.05, 3.63) is 40.3 Å². The summed E-state index contributed by atoms with van der Waals surface area (Å²) in [5.41, 5.74) is 6.05. The third-order valence-corrected chi connectivity index (χ3v) is 4.74. The molecule has 7 heteroatoms. The number of nitrogens with two attached hydrogens (primary N) is 1. The van der Waals surface area contributed by atoms with E-state index in [4.69, 9.17) is 5.73 Å². The minimum absolute atomic E-state index is 0.0498. The fourth-order valence-corrected chi connectivity index (χ4v) is 3.33. The first kappa shape index (κ1) is 17.6. The molecule has 134 valence electrons. The highest BCUT2D eigenvalue weighted by Gasteiger charge is 2.31. The van der Waals surface area contributed by atoms with Crippen molar-refractivity contribution in [3.8, 4) is 0 Å². The highest BCUT2D eigenvalue weighted by atomic mass is 16.2. The van der Waals surface area contributed by atoms with E-state index < -0.39 is 0 Å². The van der Waals surface area contributed by atoms with Gasteiger partial charge in [0.15, 0.2) is 5.69 Å². The maximum atomic E-state index is 13.2. The summed E-state index contributed by atoms with van der Waals surface area (Å²) in [4.78, 5) is 29.8. The van der Waals surface area contributed by atoms with Gasteiger partial charge in [0, 0.05) is 31.6 Å². The smallest absolute Gasteiger partial charge is 0.275 e. The number of piperazine rings is 1. The zero-order valence-electron chi connectivity index (χ0n) is 15.0. The van der Waals surface area contributed by atoms with Gasteiger partial charge in [-0.25, -0.2) is 4.68 Å². The molecule has 1 aliphatic rings. The molecule has 0 spiro atoms. The Balaban J connectivity index is 2.13. The van der Waals surface area contributed by atoms with Crippen LogP contribution in [0.25, 0.3) is 10.8 Å². The molecule has 2 N–H and O–H groups in total. The lowest BCUT2D eigenvalue weighted by atomic mass is 10.1. The number of likely N-dealkylation sites (N-methyl/N-ethyl adjacent to an activating group) is 1. The van der Waals surface area contributed by atoms with Gasteiger partial charge < -0.3 is 15.5 Å². The molecule has 3 rings (SSSR count). The molecule has 1 aromatic heterocycles. The Hall–Kier alpha value is -2.25. The van der Waals surface area contributed by atoms with Crippen molar-refractivity contribution in [1.82, 2.24) is 19.6 Å². The Labute approximate surface area is 147 Å². The topological polar surface area (TPSA) is 84.5 Å². The first-order chi connectivity index (χ1) is 11.9. The van der Waals surface area contributed by atoms with Gasteiger partial charge in [-0.2, -0.15) is 5.10 Å². The van der Waals surface area contributed by atoms with Gasteiger partial charge in [-0.3, -0.25) is 9.59 Å². The standard InChI is InChI=1S/C18H25N5O2/c1-12(2)23-17(24)15-7-5-4-6-14(15)16(20-23)18(25)22-9-8-21(3)11-13(22)10-19/h4-7,12-13H,8-11,19H2,1-3H3. The van der Waals surface area contributed by atoms with Gasteiger partial charge in [0.05, 0.1) is 17.5 Å². The quantitative estimate of drug-likeness (QED) is 0.886. The van der Waals surface area contributed by atoms with Gasteiger partial charge in [0.1, 0.15) is 0 Å². The summed E-state index contributed by atoms with van der Waals surface area (Å²) >= 11 is 0. The molecule has 2 heterocycles. The van der Waals surface area contributed by atoms with Gasteiger partial charge in [-0.05, 0) is 27.0 Å². The van der Waals surface area contributed by atoms with E-state index in [0.29, 0.717) is 29.6 Å². The molecule has 7 nitrogen and oxygen atoms in total. The average molecular weight is 343 g/mol. The molecule has 1 amide bonds. The average Bonchev–Trinajstić information content (AvgIpc) is 2.61. The van der Waals surface area contributed by atoms with Crippen molar-refractivity contribution >= 4 is 16.7 Å². The van der Waals surface area contributed by atoms with Crippen molar-refractivity contribution in [2.75, 3.05) is 33.2 Å². The second-order valence-corrected chi connectivity index (χ2v) is 6.89. The Kier molecular flexibility index (Phi) is 4.87. The molecular weight excluding hydrogens is 318 g/mol. The van der Waals surface area contributed by atoms with E-state index in [-0.39, 0.29) is 23.6 Å². The molecule has 25 heavy (non-hydrogen) atoms. The van der Waals surface area contributed by atoms with Crippen LogP contribution in [-0.4, -0.2) is 64.8 Å². The van der Waals surface area contributed by atoms with Crippen LogP contribution < -0.4 is 11.3 Å². The van der Waals surface area contributed by atoms with Gasteiger partial charge in [-0.15, -0.1) is 0 Å². The zero-order valence-corrected chi connectivity index (χ0v) is 15.0. The van der Waals surface area contributed by atoms with Crippen molar-refractivity contribution in [2.24, 2.45) is 5.73 Å². The minimum Gasteiger partial charge on any atom is -0.330 e. The van der Waals surface area contributed by atoms with Crippen LogP contribution in [0.2, 0.25) is 0 Å². The van der Waals surface area contributed by atoms with Gasteiger partial charge in [0.2, 0.25) is 0 Å². The van der Waals surface area contributed by atoms with Crippen LogP contribution in [0.1, 0.15) is 30.4 Å². The number of carbonyl (C=O) groups excluding carboxylic acids is 1. The van der Waals surface area contributed by atoms with Crippen molar-refractivity contribution in [2.45, 2.75) is 25.9 Å². The molecule has 1 aromatic carbocycles. The number of amides is 1. The highest BCUT2D eigenvalue weighted by molar-refractivity contribution is 6.05. The molecule has 1 fully saturated rings. The van der Waals surface area contributed by atoms with Crippen LogP contribution >= 0.6 is 0 Å². The normalized spacial score (nSPS) is 18.9. The number of hydrogen-bond donors (Lipinski definition) is 1. The highest BCUT2D eigenvalue weighted by Crippen LogP contribution is 2.19. The third kappa shape index (κ3) is 3.17. The van der Waals surface area contributed by atoms with E-state index in [9.17, 15) is 9.59 Å². The fraction of sp³-hybridized carbons (Fsp3) is 0.500. The lowest BCUT2D eigenvalue weighted by Crippen LogP contribution is -2.57. The van der Waals surface area contributed by atoms with E-state index in [1.165, 1.54) is 4.68 Å². The lowest BCUT2D eigenvalue weighted by molar-refractivity contribution is 0.0509. The minimum atomic E-state index is -0.170. The zero-order chi connectivity index (χ0) is 18.1. The molecule has 0 saturated carbocycles. The Morgan fingerprint density at radius 2 is 1.96 bits per heavy atom. The molecule has 1 atom stereocenters. The second-order valence-electron chi connectivity index (χ2n) is 6.89. The lowest BCUT2D eigenvalue weighted by Gasteiger charge is -2.39. The first-order valence-electron chi connectivity index (χ1n) is 8.65. The predicted octanol–water partition coefficient (Wildman–Crippen LogP) is 0.692. The van der Waals surface area contributed by atoms with Crippen molar-refractivity contribution in [1.29, 1.82) is 0 Å². The Bertz CT molecular complexity index is 845. The summed E-state index contributed by atoms with van der Waals surface area (Å²) in [5.74, 6) is -0.158. The van der Waals surface area contributed by atoms with Gasteiger partial charge in [0.25, 0.3) is 11.5 Å². The number of nitrogens with zero attached hydrogens (tertiary/aromatic N) is 4. The fourth-order valence-electron chi connectivity index (χ4n) is 3.33. The predicted molar refractivity (Wildman–Crippen MR) is 97.8 cm³/mol. The van der Waals surface area contributed by atoms with E-state index in [1.807, 2.05) is 27.0 Å². The second kappa shape index (κ2) is 6.93. The number of fused-ring (bicyclic) bond motifs is 1. The molecule has 0 aliphatic carbocycles. The van der Waals surface area contributed by atoms with Crippen LogP contribution in [0.5, 0.6) is 0 Å². The third-order valence-electron chi connectivity index (χ3n) is 4.74. The van der Waals surface area contributed by atoms with Crippen molar-refractivity contribution < 1.29 is 4.79 Å². The number of aromatic nitrogens is 2.